The van der Waals surface area contributed by atoms with Gasteiger partial charge in [0.05, 0.1) is 19.3 Å². The van der Waals surface area contributed by atoms with E-state index in [9.17, 15) is 13.2 Å². The zero-order chi connectivity index (χ0) is 20.7. The van der Waals surface area contributed by atoms with E-state index in [4.69, 9.17) is 16.3 Å². The van der Waals surface area contributed by atoms with Gasteiger partial charge in [0.25, 0.3) is 0 Å². The van der Waals surface area contributed by atoms with Crippen molar-refractivity contribution in [1.29, 1.82) is 0 Å². The van der Waals surface area contributed by atoms with E-state index in [2.05, 4.69) is 5.32 Å². The van der Waals surface area contributed by atoms with Crippen molar-refractivity contribution in [2.45, 2.75) is 20.4 Å². The van der Waals surface area contributed by atoms with Crippen LogP contribution in [0, 0.1) is 13.8 Å². The number of hydrogen-bond acceptors (Lipinski definition) is 4. The third-order valence-corrected chi connectivity index (χ3v) is 5.83. The normalized spacial score (nSPS) is 11.5. The smallest absolute Gasteiger partial charge is 0.235 e. The zero-order valence-electron chi connectivity index (χ0n) is 16.2. The Hall–Kier alpha value is -2.09. The Balaban J connectivity index is 1.86. The summed E-state index contributed by atoms with van der Waals surface area (Å²) >= 11 is 6.10. The highest BCUT2D eigenvalue weighted by molar-refractivity contribution is 7.88. The maximum Gasteiger partial charge on any atom is 0.235 e. The van der Waals surface area contributed by atoms with E-state index in [0.717, 1.165) is 21.9 Å². The molecule has 28 heavy (non-hydrogen) atoms. The van der Waals surface area contributed by atoms with Gasteiger partial charge in [0, 0.05) is 11.6 Å². The third kappa shape index (κ3) is 6.82. The van der Waals surface area contributed by atoms with Gasteiger partial charge in [-0.05, 0) is 48.7 Å². The summed E-state index contributed by atoms with van der Waals surface area (Å²) in [6.45, 7) is 4.34. The molecule has 1 N–H and O–H groups in total. The topological polar surface area (TPSA) is 75.7 Å². The Morgan fingerprint density at radius 2 is 1.86 bits per heavy atom. The van der Waals surface area contributed by atoms with Crippen LogP contribution >= 0.6 is 11.6 Å². The predicted octanol–water partition coefficient (Wildman–Crippen LogP) is 2.91. The summed E-state index contributed by atoms with van der Waals surface area (Å²) < 4.78 is 30.8. The fraction of sp³-hybridized carbons (Fsp3) is 0.350. The van der Waals surface area contributed by atoms with Crippen LogP contribution in [0.3, 0.4) is 0 Å². The van der Waals surface area contributed by atoms with Gasteiger partial charge in [0.1, 0.15) is 12.4 Å². The van der Waals surface area contributed by atoms with E-state index in [1.54, 1.807) is 24.3 Å². The van der Waals surface area contributed by atoms with Crippen LogP contribution in [0.4, 0.5) is 0 Å². The van der Waals surface area contributed by atoms with E-state index in [1.807, 2.05) is 32.0 Å². The van der Waals surface area contributed by atoms with Gasteiger partial charge in [-0.25, -0.2) is 8.42 Å². The summed E-state index contributed by atoms with van der Waals surface area (Å²) in [7, 11) is -3.57. The van der Waals surface area contributed by atoms with Gasteiger partial charge in [-0.2, -0.15) is 4.31 Å². The quantitative estimate of drug-likeness (QED) is 0.628. The summed E-state index contributed by atoms with van der Waals surface area (Å²) in [5, 5.41) is 3.14. The minimum atomic E-state index is -3.57. The Labute approximate surface area is 171 Å². The minimum Gasteiger partial charge on any atom is -0.492 e. The van der Waals surface area contributed by atoms with Gasteiger partial charge < -0.3 is 10.1 Å². The fourth-order valence-electron chi connectivity index (χ4n) is 2.49. The number of nitrogens with one attached hydrogen (secondary N) is 1. The van der Waals surface area contributed by atoms with E-state index in [0.29, 0.717) is 10.6 Å². The van der Waals surface area contributed by atoms with Crippen molar-refractivity contribution in [3.05, 3.63) is 64.2 Å². The first-order valence-electron chi connectivity index (χ1n) is 8.82. The monoisotopic (exact) mass is 424 g/mol. The highest BCUT2D eigenvalue weighted by Gasteiger charge is 2.21. The summed E-state index contributed by atoms with van der Waals surface area (Å²) in [6, 6.07) is 12.7. The summed E-state index contributed by atoms with van der Waals surface area (Å²) in [5.41, 5.74) is 2.95. The van der Waals surface area contributed by atoms with Crippen LogP contribution < -0.4 is 10.1 Å². The van der Waals surface area contributed by atoms with Crippen LogP contribution in [0.5, 0.6) is 5.75 Å². The molecule has 0 atom stereocenters. The number of halogens is 1. The molecule has 2 rings (SSSR count). The number of nitrogens with zero attached hydrogens (tertiary/aromatic N) is 1. The number of carbonyl (C=O) groups excluding carboxylic acids is 1. The number of aryl methyl sites for hydroxylation is 2. The molecule has 0 fully saturated rings. The van der Waals surface area contributed by atoms with Crippen molar-refractivity contribution in [3.8, 4) is 5.75 Å². The molecule has 0 aliphatic carbocycles. The lowest BCUT2D eigenvalue weighted by Gasteiger charge is -2.20. The highest BCUT2D eigenvalue weighted by atomic mass is 35.5. The van der Waals surface area contributed by atoms with Crippen LogP contribution in [0.15, 0.2) is 42.5 Å². The second-order valence-corrected chi connectivity index (χ2v) is 8.96. The van der Waals surface area contributed by atoms with Gasteiger partial charge in [-0.1, -0.05) is 35.9 Å². The number of ether oxygens (including phenoxy) is 1. The molecule has 2 aromatic carbocycles. The largest absolute Gasteiger partial charge is 0.492 e. The molecule has 0 aliphatic heterocycles. The van der Waals surface area contributed by atoms with Crippen molar-refractivity contribution < 1.29 is 17.9 Å². The molecule has 0 unspecified atom stereocenters. The first kappa shape index (κ1) is 22.2. The molecule has 2 aromatic rings. The maximum absolute atomic E-state index is 12.2. The highest BCUT2D eigenvalue weighted by Crippen LogP contribution is 2.18. The standard InChI is InChI=1S/C20H25ClN2O4S/c1-15-8-9-18(12-16(15)2)27-11-10-22-20(24)14-23(28(3,25)26)13-17-6-4-5-7-19(17)21/h4-9,12H,10-11,13-14H2,1-3H3,(H,22,24). The number of carbonyl (C=O) groups is 1. The number of hydrogen-bond donors (Lipinski definition) is 1. The Kier molecular flexibility index (Phi) is 7.86. The molecule has 0 aromatic heterocycles. The van der Waals surface area contributed by atoms with Gasteiger partial charge in [-0.15, -0.1) is 0 Å². The summed E-state index contributed by atoms with van der Waals surface area (Å²) in [5.74, 6) is 0.329. The van der Waals surface area contributed by atoms with Crippen LogP contribution in [0.25, 0.3) is 0 Å². The van der Waals surface area contributed by atoms with E-state index >= 15 is 0 Å². The van der Waals surface area contributed by atoms with Crippen LogP contribution in [-0.2, 0) is 21.4 Å². The molecular weight excluding hydrogens is 400 g/mol. The SMILES string of the molecule is Cc1ccc(OCCNC(=O)CN(Cc2ccccc2Cl)S(C)(=O)=O)cc1C. The number of rotatable bonds is 9. The Bertz CT molecular complexity index is 932. The lowest BCUT2D eigenvalue weighted by Crippen LogP contribution is -2.41. The summed E-state index contributed by atoms with van der Waals surface area (Å²) in [4.78, 5) is 12.2. The molecule has 0 aliphatic rings. The first-order chi connectivity index (χ1) is 13.2. The van der Waals surface area contributed by atoms with Gasteiger partial charge in [-0.3, -0.25) is 4.79 Å². The lowest BCUT2D eigenvalue weighted by molar-refractivity contribution is -0.121. The van der Waals surface area contributed by atoms with Crippen molar-refractivity contribution >= 4 is 27.5 Å². The minimum absolute atomic E-state index is 0.0328. The van der Waals surface area contributed by atoms with Crippen LogP contribution in [0.2, 0.25) is 5.02 Å². The predicted molar refractivity (Wildman–Crippen MR) is 111 cm³/mol. The van der Waals surface area contributed by atoms with Crippen LogP contribution in [0.1, 0.15) is 16.7 Å². The number of benzene rings is 2. The first-order valence-corrected chi connectivity index (χ1v) is 11.0. The fourth-order valence-corrected chi connectivity index (χ4v) is 3.41. The molecular formula is C20H25ClN2O4S. The molecule has 0 spiro atoms. The summed E-state index contributed by atoms with van der Waals surface area (Å²) in [6.07, 6.45) is 1.07. The van der Waals surface area contributed by atoms with Gasteiger partial charge in [0.15, 0.2) is 0 Å². The Morgan fingerprint density at radius 1 is 1.14 bits per heavy atom. The lowest BCUT2D eigenvalue weighted by atomic mass is 10.1. The molecule has 152 valence electrons. The molecule has 6 nitrogen and oxygen atoms in total. The van der Waals surface area contributed by atoms with E-state index in [1.165, 1.54) is 5.56 Å². The maximum atomic E-state index is 12.2. The third-order valence-electron chi connectivity index (χ3n) is 4.26. The zero-order valence-corrected chi connectivity index (χ0v) is 17.8. The molecule has 0 saturated heterocycles. The van der Waals surface area contributed by atoms with E-state index in [-0.39, 0.29) is 26.2 Å². The molecule has 1 amide bonds. The van der Waals surface area contributed by atoms with Gasteiger partial charge >= 0.3 is 0 Å². The number of sulfonamides is 1. The molecule has 8 heteroatoms. The average molecular weight is 425 g/mol. The van der Waals surface area contributed by atoms with Crippen molar-refractivity contribution in [1.82, 2.24) is 9.62 Å². The molecule has 0 heterocycles. The number of amides is 1. The average Bonchev–Trinajstić information content (AvgIpc) is 2.62. The van der Waals surface area contributed by atoms with Crippen molar-refractivity contribution in [2.75, 3.05) is 26.0 Å². The van der Waals surface area contributed by atoms with Crippen molar-refractivity contribution in [3.63, 3.8) is 0 Å². The molecule has 0 saturated carbocycles. The molecule has 0 bridgehead atoms. The van der Waals surface area contributed by atoms with Crippen LogP contribution in [-0.4, -0.2) is 44.6 Å². The van der Waals surface area contributed by atoms with Gasteiger partial charge in [0.2, 0.25) is 15.9 Å². The molecule has 0 radical (unpaired) electrons. The Morgan fingerprint density at radius 3 is 2.50 bits per heavy atom. The second-order valence-electron chi connectivity index (χ2n) is 6.57. The second kappa shape index (κ2) is 9.91. The van der Waals surface area contributed by atoms with E-state index < -0.39 is 15.9 Å². The van der Waals surface area contributed by atoms with Crippen molar-refractivity contribution in [2.24, 2.45) is 0 Å².